The molecule has 0 saturated heterocycles. The fourth-order valence-electron chi connectivity index (χ4n) is 3.28. The van der Waals surface area contributed by atoms with Crippen molar-refractivity contribution >= 4 is 23.5 Å². The largest absolute Gasteiger partial charge is 0.494 e. The summed E-state index contributed by atoms with van der Waals surface area (Å²) in [6, 6.07) is 3.95. The molecular formula is C21H28ClN3O3. The van der Waals surface area contributed by atoms with Crippen LogP contribution in [0.5, 0.6) is 11.5 Å². The number of allylic oxidation sites excluding steroid dienone is 1. The van der Waals surface area contributed by atoms with Gasteiger partial charge in [0.15, 0.2) is 5.82 Å². The molecule has 7 heteroatoms. The highest BCUT2D eigenvalue weighted by Gasteiger charge is 2.23. The zero-order valence-corrected chi connectivity index (χ0v) is 17.5. The Hall–Kier alpha value is -2.18. The lowest BCUT2D eigenvalue weighted by atomic mass is 10.0. The number of methoxy groups -OCH3 is 1. The van der Waals surface area contributed by atoms with E-state index in [9.17, 15) is 0 Å². The summed E-state index contributed by atoms with van der Waals surface area (Å²) in [5.74, 6) is 2.37. The average Bonchev–Trinajstić information content (AvgIpc) is 3.04. The number of fused-ring (bicyclic) bond motifs is 1. The number of hydrogen-bond donors (Lipinski definition) is 2. The number of aryl methyl sites for hydroxylation is 1. The first kappa shape index (κ1) is 20.6. The van der Waals surface area contributed by atoms with Gasteiger partial charge in [-0.05, 0) is 50.3 Å². The highest BCUT2D eigenvalue weighted by Crippen LogP contribution is 2.37. The molecule has 1 aromatic carbocycles. The molecule has 2 N–H and O–H groups in total. The molecule has 1 aliphatic carbocycles. The van der Waals surface area contributed by atoms with Crippen molar-refractivity contribution in [2.45, 2.75) is 39.5 Å². The maximum absolute atomic E-state index is 9.07. The molecule has 1 heterocycles. The Morgan fingerprint density at radius 1 is 1.29 bits per heavy atom. The SMILES string of the molecule is CCCOc1cc(-n2nc(NCCCO)c3c2C=C(Cl)CC3)c(OC)cc1C. The predicted octanol–water partition coefficient (Wildman–Crippen LogP) is 4.30. The molecule has 0 unspecified atom stereocenters. The van der Waals surface area contributed by atoms with E-state index in [1.54, 1.807) is 7.11 Å². The Morgan fingerprint density at radius 2 is 2.11 bits per heavy atom. The maximum atomic E-state index is 9.07. The van der Waals surface area contributed by atoms with Crippen molar-refractivity contribution in [1.29, 1.82) is 0 Å². The molecule has 2 aromatic rings. The summed E-state index contributed by atoms with van der Waals surface area (Å²) in [7, 11) is 1.66. The van der Waals surface area contributed by atoms with Crippen molar-refractivity contribution in [3.63, 3.8) is 0 Å². The Morgan fingerprint density at radius 3 is 2.82 bits per heavy atom. The van der Waals surface area contributed by atoms with Crippen LogP contribution in [0.25, 0.3) is 11.8 Å². The average molecular weight is 406 g/mol. The normalized spacial score (nSPS) is 13.1. The first-order valence-electron chi connectivity index (χ1n) is 9.73. The molecule has 0 spiro atoms. The summed E-state index contributed by atoms with van der Waals surface area (Å²) in [6.45, 7) is 5.55. The molecule has 152 valence electrons. The molecule has 28 heavy (non-hydrogen) atoms. The van der Waals surface area contributed by atoms with Crippen LogP contribution in [-0.2, 0) is 6.42 Å². The highest BCUT2D eigenvalue weighted by molar-refractivity contribution is 6.31. The number of nitrogens with one attached hydrogen (secondary N) is 1. The van der Waals surface area contributed by atoms with Crippen LogP contribution in [0.4, 0.5) is 5.82 Å². The molecule has 0 aliphatic heterocycles. The number of anilines is 1. The third-order valence-electron chi connectivity index (χ3n) is 4.72. The predicted molar refractivity (Wildman–Crippen MR) is 113 cm³/mol. The Kier molecular flexibility index (Phi) is 6.86. The molecular weight excluding hydrogens is 378 g/mol. The topological polar surface area (TPSA) is 68.5 Å². The number of hydrogen-bond acceptors (Lipinski definition) is 5. The van der Waals surface area contributed by atoms with Gasteiger partial charge in [0.2, 0.25) is 0 Å². The lowest BCUT2D eigenvalue weighted by molar-refractivity contribution is 0.292. The van der Waals surface area contributed by atoms with Gasteiger partial charge in [-0.25, -0.2) is 4.68 Å². The number of rotatable bonds is 9. The van der Waals surface area contributed by atoms with Gasteiger partial charge in [0, 0.05) is 29.8 Å². The van der Waals surface area contributed by atoms with Crippen LogP contribution in [0.15, 0.2) is 17.2 Å². The highest BCUT2D eigenvalue weighted by atomic mass is 35.5. The quantitative estimate of drug-likeness (QED) is 0.609. The van der Waals surface area contributed by atoms with Crippen LogP contribution in [0.2, 0.25) is 0 Å². The van der Waals surface area contributed by atoms with Crippen LogP contribution in [-0.4, -0.2) is 41.8 Å². The number of aliphatic hydroxyl groups is 1. The zero-order valence-electron chi connectivity index (χ0n) is 16.7. The van der Waals surface area contributed by atoms with E-state index in [1.165, 1.54) is 0 Å². The van der Waals surface area contributed by atoms with Gasteiger partial charge < -0.3 is 19.9 Å². The van der Waals surface area contributed by atoms with Crippen LogP contribution >= 0.6 is 11.6 Å². The Labute approximate surface area is 171 Å². The van der Waals surface area contributed by atoms with Gasteiger partial charge in [0.25, 0.3) is 0 Å². The van der Waals surface area contributed by atoms with Crippen molar-refractivity contribution in [3.05, 3.63) is 34.0 Å². The van der Waals surface area contributed by atoms with E-state index < -0.39 is 0 Å². The van der Waals surface area contributed by atoms with Gasteiger partial charge >= 0.3 is 0 Å². The molecule has 3 rings (SSSR count). The summed E-state index contributed by atoms with van der Waals surface area (Å²) in [6.07, 6.45) is 5.19. The minimum absolute atomic E-state index is 0.144. The van der Waals surface area contributed by atoms with Crippen LogP contribution in [0, 0.1) is 6.92 Å². The second-order valence-corrected chi connectivity index (χ2v) is 7.34. The van der Waals surface area contributed by atoms with E-state index in [0.717, 1.165) is 64.1 Å². The molecule has 1 aliphatic rings. The van der Waals surface area contributed by atoms with Gasteiger partial charge in [0.1, 0.15) is 17.2 Å². The number of aliphatic hydroxyl groups excluding tert-OH is 1. The minimum Gasteiger partial charge on any atom is -0.494 e. The van der Waals surface area contributed by atoms with Crippen molar-refractivity contribution < 1.29 is 14.6 Å². The number of aromatic nitrogens is 2. The van der Waals surface area contributed by atoms with E-state index >= 15 is 0 Å². The van der Waals surface area contributed by atoms with Gasteiger partial charge in [-0.3, -0.25) is 0 Å². The second-order valence-electron chi connectivity index (χ2n) is 6.86. The smallest absolute Gasteiger partial charge is 0.152 e. The standard InChI is InChI=1S/C21H28ClN3O3/c1-4-10-28-19-13-18(20(27-3)11-14(19)2)25-17-12-15(22)6-7-16(17)21(24-25)23-8-5-9-26/h11-13,26H,4-10H2,1-3H3,(H,23,24). The van der Waals surface area contributed by atoms with Gasteiger partial charge in [0.05, 0.1) is 19.4 Å². The van der Waals surface area contributed by atoms with Crippen molar-refractivity contribution in [2.24, 2.45) is 0 Å². The number of nitrogens with zero attached hydrogens (tertiary/aromatic N) is 2. The molecule has 0 saturated carbocycles. The van der Waals surface area contributed by atoms with Crippen LogP contribution < -0.4 is 14.8 Å². The van der Waals surface area contributed by atoms with E-state index in [-0.39, 0.29) is 6.61 Å². The molecule has 0 atom stereocenters. The third-order valence-corrected chi connectivity index (χ3v) is 5.02. The number of ether oxygens (including phenoxy) is 2. The Balaban J connectivity index is 2.09. The van der Waals surface area contributed by atoms with E-state index in [2.05, 4.69) is 12.2 Å². The summed E-state index contributed by atoms with van der Waals surface area (Å²) in [4.78, 5) is 0. The van der Waals surface area contributed by atoms with E-state index in [4.69, 9.17) is 31.3 Å². The summed E-state index contributed by atoms with van der Waals surface area (Å²) in [5, 5.41) is 18.0. The van der Waals surface area contributed by atoms with Crippen molar-refractivity contribution in [3.8, 4) is 17.2 Å². The zero-order chi connectivity index (χ0) is 20.1. The Bertz CT molecular complexity index is 861. The molecule has 0 amide bonds. The van der Waals surface area contributed by atoms with Crippen molar-refractivity contribution in [1.82, 2.24) is 9.78 Å². The lowest BCUT2D eigenvalue weighted by Crippen LogP contribution is -2.07. The van der Waals surface area contributed by atoms with Crippen molar-refractivity contribution in [2.75, 3.05) is 32.2 Å². The van der Waals surface area contributed by atoms with E-state index in [1.807, 2.05) is 29.8 Å². The van der Waals surface area contributed by atoms with Gasteiger partial charge in [-0.15, -0.1) is 5.10 Å². The van der Waals surface area contributed by atoms with E-state index in [0.29, 0.717) is 19.6 Å². The molecule has 0 radical (unpaired) electrons. The minimum atomic E-state index is 0.144. The fourth-order valence-corrected chi connectivity index (χ4v) is 3.48. The monoisotopic (exact) mass is 405 g/mol. The van der Waals surface area contributed by atoms with Crippen LogP contribution in [0.3, 0.4) is 0 Å². The summed E-state index contributed by atoms with van der Waals surface area (Å²) < 4.78 is 13.4. The second kappa shape index (κ2) is 9.34. The van der Waals surface area contributed by atoms with Gasteiger partial charge in [-0.2, -0.15) is 0 Å². The lowest BCUT2D eigenvalue weighted by Gasteiger charge is -2.16. The first-order valence-corrected chi connectivity index (χ1v) is 10.1. The summed E-state index contributed by atoms with van der Waals surface area (Å²) in [5.41, 5.74) is 3.91. The first-order chi connectivity index (χ1) is 13.6. The maximum Gasteiger partial charge on any atom is 0.152 e. The molecule has 1 aromatic heterocycles. The summed E-state index contributed by atoms with van der Waals surface area (Å²) >= 11 is 6.35. The number of benzene rings is 1. The molecule has 6 nitrogen and oxygen atoms in total. The third kappa shape index (κ3) is 4.28. The molecule has 0 fully saturated rings. The number of halogens is 1. The van der Waals surface area contributed by atoms with Gasteiger partial charge in [-0.1, -0.05) is 18.5 Å². The fraction of sp³-hybridized carbons (Fsp3) is 0.476. The van der Waals surface area contributed by atoms with Crippen LogP contribution in [0.1, 0.15) is 43.0 Å². The molecule has 0 bridgehead atoms.